The van der Waals surface area contributed by atoms with E-state index in [2.05, 4.69) is 21.2 Å². The molecule has 0 aliphatic heterocycles. The minimum Gasteiger partial charge on any atom is -0.352 e. The minimum atomic E-state index is -0.293. The van der Waals surface area contributed by atoms with Crippen molar-refractivity contribution in [3.05, 3.63) is 34.1 Å². The minimum absolute atomic E-state index is 0.0266. The zero-order chi connectivity index (χ0) is 12.0. The molecule has 0 spiro atoms. The molecule has 88 valence electrons. The van der Waals surface area contributed by atoms with Gasteiger partial charge >= 0.3 is 0 Å². The summed E-state index contributed by atoms with van der Waals surface area (Å²) in [7, 11) is 0. The summed E-state index contributed by atoms with van der Waals surface area (Å²) < 4.78 is 14.1. The Kier molecular flexibility index (Phi) is 5.46. The van der Waals surface area contributed by atoms with Crippen LogP contribution in [0.4, 0.5) is 4.39 Å². The van der Waals surface area contributed by atoms with Gasteiger partial charge in [0.15, 0.2) is 0 Å². The largest absolute Gasteiger partial charge is 0.352 e. The molecule has 0 saturated carbocycles. The third-order valence-electron chi connectivity index (χ3n) is 2.24. The number of hydrogen-bond donors (Lipinski definition) is 1. The number of rotatable bonds is 5. The molecule has 0 aliphatic rings. The number of hydrogen-bond acceptors (Lipinski definition) is 1. The van der Waals surface area contributed by atoms with Gasteiger partial charge in [0.1, 0.15) is 5.82 Å². The molecule has 0 bridgehead atoms. The van der Waals surface area contributed by atoms with Gasteiger partial charge in [-0.15, -0.1) is 0 Å². The Morgan fingerprint density at radius 2 is 2.25 bits per heavy atom. The van der Waals surface area contributed by atoms with E-state index in [-0.39, 0.29) is 18.3 Å². The Bertz CT molecular complexity index is 368. The highest BCUT2D eigenvalue weighted by Gasteiger charge is 2.05. The first-order chi connectivity index (χ1) is 7.63. The summed E-state index contributed by atoms with van der Waals surface area (Å²) in [6.07, 6.45) is 2.36. The number of amides is 1. The van der Waals surface area contributed by atoms with Gasteiger partial charge in [0.05, 0.1) is 0 Å². The summed E-state index contributed by atoms with van der Waals surface area (Å²) in [6.45, 7) is 2.27. The lowest BCUT2D eigenvalue weighted by molar-refractivity contribution is -0.121. The molecule has 1 N–H and O–H groups in total. The van der Waals surface area contributed by atoms with Crippen LogP contribution in [-0.4, -0.2) is 5.91 Å². The standard InChI is InChI=1S/C12H15BrFNO/c1-2-3-4-12(16)15-8-9-7-10(13)5-6-11(9)14/h5-7H,2-4,8H2,1H3,(H,15,16). The number of unbranched alkanes of at least 4 members (excludes halogenated alkanes) is 1. The van der Waals surface area contributed by atoms with Gasteiger partial charge in [0, 0.05) is 23.0 Å². The monoisotopic (exact) mass is 287 g/mol. The van der Waals surface area contributed by atoms with Crippen LogP contribution in [0.1, 0.15) is 31.7 Å². The zero-order valence-electron chi connectivity index (χ0n) is 9.22. The normalized spacial score (nSPS) is 10.2. The molecule has 0 atom stereocenters. The number of carbonyl (C=O) groups excluding carboxylic acids is 1. The number of halogens is 2. The van der Waals surface area contributed by atoms with E-state index < -0.39 is 0 Å². The third-order valence-corrected chi connectivity index (χ3v) is 2.73. The van der Waals surface area contributed by atoms with Crippen molar-refractivity contribution in [1.29, 1.82) is 0 Å². The second-order valence-electron chi connectivity index (χ2n) is 3.62. The Morgan fingerprint density at radius 3 is 2.94 bits per heavy atom. The van der Waals surface area contributed by atoms with Crippen molar-refractivity contribution in [2.45, 2.75) is 32.7 Å². The van der Waals surface area contributed by atoms with E-state index in [1.807, 2.05) is 6.92 Å². The topological polar surface area (TPSA) is 29.1 Å². The van der Waals surface area contributed by atoms with Gasteiger partial charge in [-0.1, -0.05) is 29.3 Å². The Morgan fingerprint density at radius 1 is 1.50 bits per heavy atom. The van der Waals surface area contributed by atoms with Crippen LogP contribution in [0.5, 0.6) is 0 Å². The summed E-state index contributed by atoms with van der Waals surface area (Å²) in [5.74, 6) is -0.319. The van der Waals surface area contributed by atoms with Crippen molar-refractivity contribution in [1.82, 2.24) is 5.32 Å². The van der Waals surface area contributed by atoms with E-state index in [1.54, 1.807) is 12.1 Å². The van der Waals surface area contributed by atoms with Crippen LogP contribution in [0, 0.1) is 5.82 Å². The first-order valence-electron chi connectivity index (χ1n) is 5.34. The van der Waals surface area contributed by atoms with E-state index in [9.17, 15) is 9.18 Å². The second kappa shape index (κ2) is 6.63. The van der Waals surface area contributed by atoms with Gasteiger partial charge in [-0.25, -0.2) is 4.39 Å². The average Bonchev–Trinajstić information content (AvgIpc) is 2.27. The fourth-order valence-corrected chi connectivity index (χ4v) is 1.71. The van der Waals surface area contributed by atoms with Gasteiger partial charge in [-0.3, -0.25) is 4.79 Å². The van der Waals surface area contributed by atoms with Crippen LogP contribution in [-0.2, 0) is 11.3 Å². The summed E-state index contributed by atoms with van der Waals surface area (Å²) in [5.41, 5.74) is 0.499. The lowest BCUT2D eigenvalue weighted by Gasteiger charge is -2.06. The van der Waals surface area contributed by atoms with Crippen molar-refractivity contribution >= 4 is 21.8 Å². The average molecular weight is 288 g/mol. The Balaban J connectivity index is 2.47. The molecule has 0 aliphatic carbocycles. The van der Waals surface area contributed by atoms with Gasteiger partial charge in [0.25, 0.3) is 0 Å². The fraction of sp³-hybridized carbons (Fsp3) is 0.417. The molecule has 2 nitrogen and oxygen atoms in total. The molecule has 0 heterocycles. The first-order valence-corrected chi connectivity index (χ1v) is 6.13. The molecule has 1 aromatic carbocycles. The molecule has 0 aromatic heterocycles. The zero-order valence-corrected chi connectivity index (χ0v) is 10.8. The summed E-state index contributed by atoms with van der Waals surface area (Å²) in [5, 5.41) is 2.70. The number of nitrogens with one attached hydrogen (secondary N) is 1. The van der Waals surface area contributed by atoms with Gasteiger partial charge in [-0.2, -0.15) is 0 Å². The molecular formula is C12H15BrFNO. The fourth-order valence-electron chi connectivity index (χ4n) is 1.30. The molecule has 1 amide bonds. The highest BCUT2D eigenvalue weighted by Crippen LogP contribution is 2.15. The summed E-state index contributed by atoms with van der Waals surface area (Å²) >= 11 is 3.27. The van der Waals surface area contributed by atoms with Crippen molar-refractivity contribution in [3.63, 3.8) is 0 Å². The molecule has 0 unspecified atom stereocenters. The highest BCUT2D eigenvalue weighted by atomic mass is 79.9. The SMILES string of the molecule is CCCCC(=O)NCc1cc(Br)ccc1F. The van der Waals surface area contributed by atoms with Crippen LogP contribution in [0.2, 0.25) is 0 Å². The van der Waals surface area contributed by atoms with Crippen molar-refractivity contribution in [3.8, 4) is 0 Å². The number of carbonyl (C=O) groups is 1. The lowest BCUT2D eigenvalue weighted by atomic mass is 10.2. The van der Waals surface area contributed by atoms with Crippen molar-refractivity contribution < 1.29 is 9.18 Å². The van der Waals surface area contributed by atoms with E-state index in [0.29, 0.717) is 12.0 Å². The molecule has 0 saturated heterocycles. The van der Waals surface area contributed by atoms with Crippen LogP contribution >= 0.6 is 15.9 Å². The van der Waals surface area contributed by atoms with Crippen molar-refractivity contribution in [2.24, 2.45) is 0 Å². The van der Waals surface area contributed by atoms with E-state index >= 15 is 0 Å². The van der Waals surface area contributed by atoms with Gasteiger partial charge < -0.3 is 5.32 Å². The molecule has 0 radical (unpaired) electrons. The van der Waals surface area contributed by atoms with Gasteiger partial charge in [0.2, 0.25) is 5.91 Å². The summed E-state index contributed by atoms with van der Waals surface area (Å²) in [6, 6.07) is 4.70. The Hall–Kier alpha value is -0.900. The first kappa shape index (κ1) is 13.2. The van der Waals surface area contributed by atoms with Crippen molar-refractivity contribution in [2.75, 3.05) is 0 Å². The highest BCUT2D eigenvalue weighted by molar-refractivity contribution is 9.10. The maximum atomic E-state index is 13.3. The summed E-state index contributed by atoms with van der Waals surface area (Å²) in [4.78, 5) is 11.3. The van der Waals surface area contributed by atoms with Crippen LogP contribution in [0.15, 0.2) is 22.7 Å². The predicted octanol–water partition coefficient (Wildman–Crippen LogP) is 3.39. The predicted molar refractivity (Wildman–Crippen MR) is 65.5 cm³/mol. The lowest BCUT2D eigenvalue weighted by Crippen LogP contribution is -2.22. The van der Waals surface area contributed by atoms with Crippen LogP contribution in [0.3, 0.4) is 0 Å². The molecule has 0 fully saturated rings. The van der Waals surface area contributed by atoms with Crippen LogP contribution in [0.25, 0.3) is 0 Å². The van der Waals surface area contributed by atoms with E-state index in [4.69, 9.17) is 0 Å². The molecular weight excluding hydrogens is 273 g/mol. The van der Waals surface area contributed by atoms with E-state index in [1.165, 1.54) is 6.07 Å². The smallest absolute Gasteiger partial charge is 0.220 e. The quantitative estimate of drug-likeness (QED) is 0.884. The molecule has 16 heavy (non-hydrogen) atoms. The maximum absolute atomic E-state index is 13.3. The Labute approximate surface area is 103 Å². The van der Waals surface area contributed by atoms with E-state index in [0.717, 1.165) is 17.3 Å². The number of benzene rings is 1. The molecule has 1 aromatic rings. The molecule has 4 heteroatoms. The third kappa shape index (κ3) is 4.31. The maximum Gasteiger partial charge on any atom is 0.220 e. The van der Waals surface area contributed by atoms with Gasteiger partial charge in [-0.05, 0) is 24.6 Å². The molecule has 1 rings (SSSR count). The van der Waals surface area contributed by atoms with Crippen LogP contribution < -0.4 is 5.32 Å². The second-order valence-corrected chi connectivity index (χ2v) is 4.53.